The van der Waals surface area contributed by atoms with Gasteiger partial charge in [-0.25, -0.2) is 5.11 Å². The van der Waals surface area contributed by atoms with Crippen LogP contribution in [0.4, 0.5) is 0 Å². The first-order valence-corrected chi connectivity index (χ1v) is 2.13. The van der Waals surface area contributed by atoms with Gasteiger partial charge in [0, 0.05) is 0 Å². The maximum absolute atomic E-state index is 10.1. The predicted octanol–water partition coefficient (Wildman–Crippen LogP) is -0.319. The fourth-order valence-electron chi connectivity index (χ4n) is 0.201. The van der Waals surface area contributed by atoms with E-state index < -0.39 is 12.0 Å². The van der Waals surface area contributed by atoms with Crippen molar-refractivity contribution in [2.24, 2.45) is 5.73 Å². The topological polar surface area (TPSA) is 63.0 Å². The van der Waals surface area contributed by atoms with Crippen molar-refractivity contribution in [3.8, 4) is 0 Å². The van der Waals surface area contributed by atoms with Crippen LogP contribution >= 0.6 is 0 Å². The van der Waals surface area contributed by atoms with E-state index in [2.05, 4.69) is 5.73 Å². The molecule has 1 atom stereocenters. The Morgan fingerprint density at radius 1 is 1.86 bits per heavy atom. The molecule has 0 aliphatic rings. The summed E-state index contributed by atoms with van der Waals surface area (Å²) in [7, 11) is 0. The SMILES string of the molecule is CCC([O])C(N)=O. The molecule has 1 unspecified atom stereocenters. The second kappa shape index (κ2) is 2.58. The standard InChI is InChI=1S/C4H8NO2/c1-2-3(6)4(5)7/h3H,2H2,1H3,(H2,5,7). The summed E-state index contributed by atoms with van der Waals surface area (Å²) in [4.78, 5) is 9.84. The van der Waals surface area contributed by atoms with Crippen LogP contribution < -0.4 is 5.73 Å². The zero-order valence-corrected chi connectivity index (χ0v) is 4.18. The molecular weight excluding hydrogens is 94.0 g/mol. The van der Waals surface area contributed by atoms with Gasteiger partial charge in [-0.3, -0.25) is 4.79 Å². The Bertz CT molecular complexity index is 72.1. The normalized spacial score (nSPS) is 13.4. The number of carbonyl (C=O) groups is 1. The molecule has 0 heterocycles. The van der Waals surface area contributed by atoms with E-state index >= 15 is 0 Å². The van der Waals surface area contributed by atoms with Crippen molar-refractivity contribution in [1.82, 2.24) is 0 Å². The van der Waals surface area contributed by atoms with Gasteiger partial charge in [-0.05, 0) is 6.42 Å². The number of hydrogen-bond donors (Lipinski definition) is 1. The highest BCUT2D eigenvalue weighted by Crippen LogP contribution is 1.85. The number of rotatable bonds is 2. The van der Waals surface area contributed by atoms with Crippen LogP contribution in [0, 0.1) is 0 Å². The third kappa shape index (κ3) is 2.17. The first-order chi connectivity index (χ1) is 3.18. The summed E-state index contributed by atoms with van der Waals surface area (Å²) in [5.74, 6) is -0.762. The zero-order valence-electron chi connectivity index (χ0n) is 4.18. The van der Waals surface area contributed by atoms with Crippen LogP contribution in [0.25, 0.3) is 0 Å². The second-order valence-electron chi connectivity index (χ2n) is 1.30. The zero-order chi connectivity index (χ0) is 5.86. The quantitative estimate of drug-likeness (QED) is 0.510. The molecule has 0 aliphatic heterocycles. The number of nitrogens with two attached hydrogens (primary N) is 1. The number of hydrogen-bond acceptors (Lipinski definition) is 1. The highest BCUT2D eigenvalue weighted by Gasteiger charge is 2.07. The van der Waals surface area contributed by atoms with Crippen molar-refractivity contribution >= 4 is 5.91 Å². The van der Waals surface area contributed by atoms with Crippen molar-refractivity contribution < 1.29 is 9.90 Å². The molecule has 41 valence electrons. The molecule has 0 aromatic carbocycles. The smallest absolute Gasteiger partial charge is 0.249 e. The number of primary amides is 1. The number of carbonyl (C=O) groups excluding carboxylic acids is 1. The van der Waals surface area contributed by atoms with E-state index in [0.29, 0.717) is 0 Å². The molecule has 1 radical (unpaired) electrons. The van der Waals surface area contributed by atoms with E-state index in [4.69, 9.17) is 0 Å². The Morgan fingerprint density at radius 2 is 2.29 bits per heavy atom. The fourth-order valence-corrected chi connectivity index (χ4v) is 0.201. The van der Waals surface area contributed by atoms with Gasteiger partial charge >= 0.3 is 0 Å². The van der Waals surface area contributed by atoms with Gasteiger partial charge in [-0.1, -0.05) is 6.92 Å². The highest BCUT2D eigenvalue weighted by molar-refractivity contribution is 5.78. The highest BCUT2D eigenvalue weighted by atomic mass is 16.3. The molecule has 1 amide bonds. The Morgan fingerprint density at radius 3 is 2.29 bits per heavy atom. The molecule has 0 aromatic rings. The maximum atomic E-state index is 10.1. The molecular formula is C4H8NO2. The minimum Gasteiger partial charge on any atom is -0.367 e. The summed E-state index contributed by atoms with van der Waals surface area (Å²) >= 11 is 0. The average molecular weight is 102 g/mol. The largest absolute Gasteiger partial charge is 0.367 e. The van der Waals surface area contributed by atoms with Crippen LogP contribution in [-0.2, 0) is 9.90 Å². The molecule has 0 aromatic heterocycles. The molecule has 0 spiro atoms. The van der Waals surface area contributed by atoms with Gasteiger partial charge in [0.1, 0.15) is 0 Å². The summed E-state index contributed by atoms with van der Waals surface area (Å²) in [6.45, 7) is 1.63. The first-order valence-electron chi connectivity index (χ1n) is 2.13. The van der Waals surface area contributed by atoms with Gasteiger partial charge in [-0.15, -0.1) is 0 Å². The second-order valence-corrected chi connectivity index (χ2v) is 1.30. The van der Waals surface area contributed by atoms with Crippen LogP contribution in [0.15, 0.2) is 0 Å². The Hall–Kier alpha value is -0.570. The Labute approximate surface area is 42.1 Å². The molecule has 0 bridgehead atoms. The van der Waals surface area contributed by atoms with Gasteiger partial charge in [0.15, 0.2) is 6.10 Å². The monoisotopic (exact) mass is 102 g/mol. The van der Waals surface area contributed by atoms with Gasteiger partial charge in [0.05, 0.1) is 0 Å². The van der Waals surface area contributed by atoms with Crippen molar-refractivity contribution in [3.05, 3.63) is 0 Å². The van der Waals surface area contributed by atoms with Gasteiger partial charge in [-0.2, -0.15) is 0 Å². The molecule has 0 saturated carbocycles. The van der Waals surface area contributed by atoms with Crippen LogP contribution in [0.3, 0.4) is 0 Å². The van der Waals surface area contributed by atoms with Crippen LogP contribution in [0.1, 0.15) is 13.3 Å². The Kier molecular flexibility index (Phi) is 2.37. The third-order valence-corrected chi connectivity index (χ3v) is 0.688. The predicted molar refractivity (Wildman–Crippen MR) is 24.0 cm³/mol. The molecule has 3 nitrogen and oxygen atoms in total. The molecule has 0 fully saturated rings. The van der Waals surface area contributed by atoms with E-state index in [9.17, 15) is 9.90 Å². The summed E-state index contributed by atoms with van der Waals surface area (Å²) in [5.41, 5.74) is 4.60. The lowest BCUT2D eigenvalue weighted by Crippen LogP contribution is -2.25. The molecule has 0 aliphatic carbocycles. The lowest BCUT2D eigenvalue weighted by molar-refractivity contribution is -0.129. The Balaban J connectivity index is 3.34. The van der Waals surface area contributed by atoms with Crippen LogP contribution in [0.2, 0.25) is 0 Å². The average Bonchev–Trinajstić information content (AvgIpc) is 1.65. The lowest BCUT2D eigenvalue weighted by Gasteiger charge is -1.94. The van der Waals surface area contributed by atoms with Crippen molar-refractivity contribution in [2.45, 2.75) is 19.4 Å². The summed E-state index contributed by atoms with van der Waals surface area (Å²) in [5, 5.41) is 10.1. The van der Waals surface area contributed by atoms with E-state index in [-0.39, 0.29) is 6.42 Å². The van der Waals surface area contributed by atoms with E-state index in [1.54, 1.807) is 6.92 Å². The fraction of sp³-hybridized carbons (Fsp3) is 0.750. The minimum atomic E-state index is -1.21. The van der Waals surface area contributed by atoms with Crippen molar-refractivity contribution in [2.75, 3.05) is 0 Å². The van der Waals surface area contributed by atoms with E-state index in [0.717, 1.165) is 0 Å². The maximum Gasteiger partial charge on any atom is 0.249 e. The molecule has 2 N–H and O–H groups in total. The van der Waals surface area contributed by atoms with E-state index in [1.165, 1.54) is 0 Å². The molecule has 7 heavy (non-hydrogen) atoms. The van der Waals surface area contributed by atoms with Crippen molar-refractivity contribution in [1.29, 1.82) is 0 Å². The summed E-state index contributed by atoms with van der Waals surface area (Å²) in [6.07, 6.45) is -0.921. The van der Waals surface area contributed by atoms with Crippen molar-refractivity contribution in [3.63, 3.8) is 0 Å². The van der Waals surface area contributed by atoms with Crippen LogP contribution in [-0.4, -0.2) is 12.0 Å². The summed E-state index contributed by atoms with van der Waals surface area (Å²) in [6, 6.07) is 0. The minimum absolute atomic E-state index is 0.287. The molecule has 0 rings (SSSR count). The van der Waals surface area contributed by atoms with E-state index in [1.807, 2.05) is 0 Å². The van der Waals surface area contributed by atoms with Crippen LogP contribution in [0.5, 0.6) is 0 Å². The number of amides is 1. The first kappa shape index (κ1) is 6.43. The summed E-state index contributed by atoms with van der Waals surface area (Å²) < 4.78 is 0. The molecule has 0 saturated heterocycles. The van der Waals surface area contributed by atoms with Gasteiger partial charge in [0.2, 0.25) is 5.91 Å². The third-order valence-electron chi connectivity index (χ3n) is 0.688. The lowest BCUT2D eigenvalue weighted by atomic mass is 10.3. The van der Waals surface area contributed by atoms with Gasteiger partial charge in [0.25, 0.3) is 0 Å². The van der Waals surface area contributed by atoms with Gasteiger partial charge < -0.3 is 5.73 Å². The molecule has 3 heteroatoms.